The molecule has 0 radical (unpaired) electrons. The van der Waals surface area contributed by atoms with Crippen LogP contribution in [-0.4, -0.2) is 6.54 Å². The van der Waals surface area contributed by atoms with Crippen LogP contribution in [0.25, 0.3) is 11.3 Å². The van der Waals surface area contributed by atoms with Crippen LogP contribution in [0.1, 0.15) is 25.5 Å². The van der Waals surface area contributed by atoms with Crippen LogP contribution in [0.5, 0.6) is 0 Å². The Morgan fingerprint density at radius 2 is 1.88 bits per heavy atom. The van der Waals surface area contributed by atoms with Crippen molar-refractivity contribution in [2.45, 2.75) is 26.3 Å². The SMILES string of the molecule is CCCCNCc1ccc(-c2ccccc2)o1. The van der Waals surface area contributed by atoms with E-state index in [-0.39, 0.29) is 0 Å². The van der Waals surface area contributed by atoms with Gasteiger partial charge in [0.2, 0.25) is 0 Å². The van der Waals surface area contributed by atoms with Crippen LogP contribution in [-0.2, 0) is 6.54 Å². The Labute approximate surface area is 103 Å². The van der Waals surface area contributed by atoms with E-state index in [1.807, 2.05) is 30.3 Å². The van der Waals surface area contributed by atoms with Crippen molar-refractivity contribution in [2.24, 2.45) is 0 Å². The molecule has 0 aliphatic rings. The van der Waals surface area contributed by atoms with Gasteiger partial charge in [-0.3, -0.25) is 0 Å². The lowest BCUT2D eigenvalue weighted by Crippen LogP contribution is -2.13. The van der Waals surface area contributed by atoms with E-state index < -0.39 is 0 Å². The smallest absolute Gasteiger partial charge is 0.134 e. The number of hydrogen-bond donors (Lipinski definition) is 1. The normalized spacial score (nSPS) is 10.6. The first-order chi connectivity index (χ1) is 8.40. The van der Waals surface area contributed by atoms with E-state index in [0.29, 0.717) is 0 Å². The fraction of sp³-hybridized carbons (Fsp3) is 0.333. The molecule has 2 heteroatoms. The van der Waals surface area contributed by atoms with Gasteiger partial charge in [-0.1, -0.05) is 43.7 Å². The molecule has 0 fully saturated rings. The molecule has 0 saturated carbocycles. The van der Waals surface area contributed by atoms with Crippen LogP contribution in [0, 0.1) is 0 Å². The fourth-order valence-corrected chi connectivity index (χ4v) is 1.74. The molecule has 0 unspecified atom stereocenters. The molecule has 1 N–H and O–H groups in total. The first kappa shape index (κ1) is 11.9. The van der Waals surface area contributed by atoms with Crippen molar-refractivity contribution in [1.82, 2.24) is 5.32 Å². The van der Waals surface area contributed by atoms with Gasteiger partial charge >= 0.3 is 0 Å². The summed E-state index contributed by atoms with van der Waals surface area (Å²) < 4.78 is 5.79. The summed E-state index contributed by atoms with van der Waals surface area (Å²) in [5, 5.41) is 3.37. The van der Waals surface area contributed by atoms with Gasteiger partial charge in [0.25, 0.3) is 0 Å². The van der Waals surface area contributed by atoms with Crippen LogP contribution in [0.3, 0.4) is 0 Å². The molecule has 0 saturated heterocycles. The first-order valence-electron chi connectivity index (χ1n) is 6.25. The lowest BCUT2D eigenvalue weighted by molar-refractivity contribution is 0.490. The largest absolute Gasteiger partial charge is 0.460 e. The van der Waals surface area contributed by atoms with E-state index in [1.165, 1.54) is 12.8 Å². The quantitative estimate of drug-likeness (QED) is 0.761. The molecule has 0 bridgehead atoms. The molecule has 0 aliphatic heterocycles. The van der Waals surface area contributed by atoms with Gasteiger partial charge in [-0.25, -0.2) is 0 Å². The zero-order chi connectivity index (χ0) is 11.9. The third-order valence-electron chi connectivity index (χ3n) is 2.73. The summed E-state index contributed by atoms with van der Waals surface area (Å²) in [6.45, 7) is 4.06. The van der Waals surface area contributed by atoms with Crippen molar-refractivity contribution in [3.05, 3.63) is 48.2 Å². The van der Waals surface area contributed by atoms with E-state index in [2.05, 4.69) is 24.4 Å². The second-order valence-corrected chi connectivity index (χ2v) is 4.16. The second kappa shape index (κ2) is 6.26. The molecule has 0 aliphatic carbocycles. The molecule has 0 atom stereocenters. The number of furan rings is 1. The lowest BCUT2D eigenvalue weighted by atomic mass is 10.2. The predicted octanol–water partition coefficient (Wildman–Crippen LogP) is 3.84. The molecular weight excluding hydrogens is 210 g/mol. The summed E-state index contributed by atoms with van der Waals surface area (Å²) in [4.78, 5) is 0. The van der Waals surface area contributed by atoms with Gasteiger partial charge in [-0.15, -0.1) is 0 Å². The van der Waals surface area contributed by atoms with Crippen LogP contribution < -0.4 is 5.32 Å². The van der Waals surface area contributed by atoms with Crippen molar-refractivity contribution in [2.75, 3.05) is 6.54 Å². The molecule has 2 aromatic rings. The van der Waals surface area contributed by atoms with Gasteiger partial charge < -0.3 is 9.73 Å². The average Bonchev–Trinajstić information content (AvgIpc) is 2.85. The summed E-state index contributed by atoms with van der Waals surface area (Å²) in [5.74, 6) is 1.94. The Bertz CT molecular complexity index is 433. The average molecular weight is 229 g/mol. The Balaban J connectivity index is 1.92. The van der Waals surface area contributed by atoms with Gasteiger partial charge in [-0.05, 0) is 25.1 Å². The van der Waals surface area contributed by atoms with Gasteiger partial charge in [0.05, 0.1) is 6.54 Å². The minimum atomic E-state index is 0.812. The summed E-state index contributed by atoms with van der Waals surface area (Å²) >= 11 is 0. The zero-order valence-corrected chi connectivity index (χ0v) is 10.3. The molecule has 0 spiro atoms. The van der Waals surface area contributed by atoms with Crippen LogP contribution in [0.2, 0.25) is 0 Å². The summed E-state index contributed by atoms with van der Waals surface area (Å²) in [5.41, 5.74) is 1.13. The Kier molecular flexibility index (Phi) is 4.39. The van der Waals surface area contributed by atoms with Crippen molar-refractivity contribution in [3.8, 4) is 11.3 Å². The molecule has 1 heterocycles. The zero-order valence-electron chi connectivity index (χ0n) is 10.3. The third-order valence-corrected chi connectivity index (χ3v) is 2.73. The molecule has 17 heavy (non-hydrogen) atoms. The molecule has 0 amide bonds. The van der Waals surface area contributed by atoms with E-state index in [1.54, 1.807) is 0 Å². The molecule has 2 rings (SSSR count). The summed E-state index contributed by atoms with van der Waals surface area (Å²) in [6.07, 6.45) is 2.44. The number of rotatable bonds is 6. The maximum atomic E-state index is 5.79. The monoisotopic (exact) mass is 229 g/mol. The Morgan fingerprint density at radius 1 is 1.06 bits per heavy atom. The topological polar surface area (TPSA) is 25.2 Å². The standard InChI is InChI=1S/C15H19NO/c1-2-3-11-16-12-14-9-10-15(17-14)13-7-5-4-6-8-13/h4-10,16H,2-3,11-12H2,1H3. The Morgan fingerprint density at radius 3 is 2.65 bits per heavy atom. The minimum Gasteiger partial charge on any atom is -0.460 e. The summed E-state index contributed by atoms with van der Waals surface area (Å²) in [7, 11) is 0. The van der Waals surface area contributed by atoms with Gasteiger partial charge in [-0.2, -0.15) is 0 Å². The highest BCUT2D eigenvalue weighted by Crippen LogP contribution is 2.21. The van der Waals surface area contributed by atoms with Crippen molar-refractivity contribution in [3.63, 3.8) is 0 Å². The van der Waals surface area contributed by atoms with Crippen molar-refractivity contribution < 1.29 is 4.42 Å². The van der Waals surface area contributed by atoms with E-state index in [9.17, 15) is 0 Å². The second-order valence-electron chi connectivity index (χ2n) is 4.16. The maximum Gasteiger partial charge on any atom is 0.134 e. The minimum absolute atomic E-state index is 0.812. The number of unbranched alkanes of at least 4 members (excludes halogenated alkanes) is 1. The van der Waals surface area contributed by atoms with E-state index in [4.69, 9.17) is 4.42 Å². The van der Waals surface area contributed by atoms with Gasteiger partial charge in [0.1, 0.15) is 11.5 Å². The third kappa shape index (κ3) is 3.46. The first-order valence-corrected chi connectivity index (χ1v) is 6.25. The highest BCUT2D eigenvalue weighted by Gasteiger charge is 2.03. The lowest BCUT2D eigenvalue weighted by Gasteiger charge is -2.00. The predicted molar refractivity (Wildman–Crippen MR) is 70.8 cm³/mol. The van der Waals surface area contributed by atoms with Gasteiger partial charge in [0.15, 0.2) is 0 Å². The maximum absolute atomic E-state index is 5.79. The highest BCUT2D eigenvalue weighted by atomic mass is 16.3. The molecule has 90 valence electrons. The van der Waals surface area contributed by atoms with Crippen LogP contribution in [0.4, 0.5) is 0 Å². The van der Waals surface area contributed by atoms with Gasteiger partial charge in [0, 0.05) is 5.56 Å². The Hall–Kier alpha value is -1.54. The van der Waals surface area contributed by atoms with Crippen LogP contribution >= 0.6 is 0 Å². The van der Waals surface area contributed by atoms with E-state index in [0.717, 1.165) is 30.2 Å². The number of nitrogens with one attached hydrogen (secondary N) is 1. The fourth-order valence-electron chi connectivity index (χ4n) is 1.74. The van der Waals surface area contributed by atoms with Crippen molar-refractivity contribution in [1.29, 1.82) is 0 Å². The molecule has 2 nitrogen and oxygen atoms in total. The molecular formula is C15H19NO. The van der Waals surface area contributed by atoms with Crippen LogP contribution in [0.15, 0.2) is 46.9 Å². The van der Waals surface area contributed by atoms with Crippen molar-refractivity contribution >= 4 is 0 Å². The number of hydrogen-bond acceptors (Lipinski definition) is 2. The highest BCUT2D eigenvalue weighted by molar-refractivity contribution is 5.57. The van der Waals surface area contributed by atoms with E-state index >= 15 is 0 Å². The number of benzene rings is 1. The summed E-state index contributed by atoms with van der Waals surface area (Å²) in [6, 6.07) is 14.3. The molecule has 1 aromatic carbocycles. The molecule has 1 aromatic heterocycles.